The molecule has 29 heavy (non-hydrogen) atoms. The summed E-state index contributed by atoms with van der Waals surface area (Å²) in [5, 5.41) is 22.5. The number of carbonyl (C=O) groups is 2. The summed E-state index contributed by atoms with van der Waals surface area (Å²) < 4.78 is 0. The van der Waals surface area contributed by atoms with Crippen molar-refractivity contribution < 1.29 is 19.6 Å². The molecule has 8 heteroatoms. The van der Waals surface area contributed by atoms with Gasteiger partial charge in [-0.2, -0.15) is 0 Å². The number of hydrogen-bond acceptors (Lipinski definition) is 6. The van der Waals surface area contributed by atoms with Crippen LogP contribution in [-0.2, 0) is 9.59 Å². The Morgan fingerprint density at radius 2 is 1.72 bits per heavy atom. The number of nitrogens with zero attached hydrogens (tertiary/aromatic N) is 3. The predicted molar refractivity (Wildman–Crippen MR) is 107 cm³/mol. The minimum atomic E-state index is -1.04. The molecule has 0 bridgehead atoms. The van der Waals surface area contributed by atoms with Gasteiger partial charge in [0.2, 0.25) is 0 Å². The molecule has 0 saturated carbocycles. The van der Waals surface area contributed by atoms with Crippen molar-refractivity contribution in [2.75, 3.05) is 27.2 Å². The number of hydrogen-bond donors (Lipinski definition) is 1. The van der Waals surface area contributed by atoms with Crippen molar-refractivity contribution in [2.45, 2.75) is 6.04 Å². The minimum absolute atomic E-state index is 0.144. The molecule has 1 amide bonds. The molecule has 2 aromatic rings. The van der Waals surface area contributed by atoms with E-state index in [1.54, 1.807) is 36.4 Å². The molecule has 1 saturated heterocycles. The first-order valence-corrected chi connectivity index (χ1v) is 9.04. The molecule has 1 N–H and O–H groups in total. The molecular formula is C21H21N3O5. The van der Waals surface area contributed by atoms with E-state index in [2.05, 4.69) is 0 Å². The Morgan fingerprint density at radius 1 is 1.10 bits per heavy atom. The molecule has 0 spiro atoms. The van der Waals surface area contributed by atoms with Gasteiger partial charge >= 0.3 is 0 Å². The quantitative estimate of drug-likeness (QED) is 0.265. The molecule has 8 nitrogen and oxygen atoms in total. The van der Waals surface area contributed by atoms with Crippen LogP contribution in [0.25, 0.3) is 5.76 Å². The van der Waals surface area contributed by atoms with Gasteiger partial charge in [-0.15, -0.1) is 0 Å². The highest BCUT2D eigenvalue weighted by Crippen LogP contribution is 2.42. The normalized spacial score (nSPS) is 18.4. The highest BCUT2D eigenvalue weighted by Gasteiger charge is 2.47. The predicted octanol–water partition coefficient (Wildman–Crippen LogP) is 2.58. The van der Waals surface area contributed by atoms with Gasteiger partial charge in [-0.05, 0) is 20.2 Å². The first-order chi connectivity index (χ1) is 13.8. The summed E-state index contributed by atoms with van der Waals surface area (Å²) >= 11 is 0. The van der Waals surface area contributed by atoms with Gasteiger partial charge in [0.1, 0.15) is 5.76 Å². The second-order valence-electron chi connectivity index (χ2n) is 6.98. The number of nitro benzene ring substituents is 1. The summed E-state index contributed by atoms with van der Waals surface area (Å²) in [5.74, 6) is -1.99. The first kappa shape index (κ1) is 20.2. The van der Waals surface area contributed by atoms with Gasteiger partial charge in [-0.1, -0.05) is 42.5 Å². The maximum atomic E-state index is 12.8. The van der Waals surface area contributed by atoms with E-state index in [1.165, 1.54) is 23.1 Å². The molecule has 1 aliphatic rings. The molecule has 1 fully saturated rings. The van der Waals surface area contributed by atoms with Crippen LogP contribution in [0.5, 0.6) is 0 Å². The van der Waals surface area contributed by atoms with Gasteiger partial charge in [0, 0.05) is 24.7 Å². The number of likely N-dealkylation sites (tertiary alicyclic amines) is 1. The van der Waals surface area contributed by atoms with Crippen LogP contribution in [0.3, 0.4) is 0 Å². The molecule has 1 heterocycles. The maximum Gasteiger partial charge on any atom is 0.295 e. The zero-order chi connectivity index (χ0) is 21.1. The second-order valence-corrected chi connectivity index (χ2v) is 6.98. The lowest BCUT2D eigenvalue weighted by Gasteiger charge is -2.26. The van der Waals surface area contributed by atoms with E-state index < -0.39 is 22.7 Å². The van der Waals surface area contributed by atoms with Crippen molar-refractivity contribution in [2.24, 2.45) is 0 Å². The lowest BCUT2D eigenvalue weighted by molar-refractivity contribution is -0.385. The van der Waals surface area contributed by atoms with E-state index in [0.29, 0.717) is 12.1 Å². The molecule has 3 rings (SSSR count). The van der Waals surface area contributed by atoms with Crippen molar-refractivity contribution in [3.8, 4) is 0 Å². The van der Waals surface area contributed by atoms with Gasteiger partial charge in [-0.3, -0.25) is 19.7 Å². The van der Waals surface area contributed by atoms with Crippen LogP contribution in [0.1, 0.15) is 17.2 Å². The Hall–Kier alpha value is -3.52. The number of para-hydroxylation sites is 1. The van der Waals surface area contributed by atoms with Crippen LogP contribution in [0.2, 0.25) is 0 Å². The van der Waals surface area contributed by atoms with Crippen LogP contribution in [0.4, 0.5) is 5.69 Å². The fourth-order valence-corrected chi connectivity index (χ4v) is 3.38. The number of benzene rings is 2. The molecule has 1 unspecified atom stereocenters. The molecule has 1 atom stereocenters. The van der Waals surface area contributed by atoms with E-state index >= 15 is 0 Å². The summed E-state index contributed by atoms with van der Waals surface area (Å²) in [4.78, 5) is 39.8. The van der Waals surface area contributed by atoms with Gasteiger partial charge in [0.25, 0.3) is 17.4 Å². The Labute approximate surface area is 167 Å². The lowest BCUT2D eigenvalue weighted by Crippen LogP contribution is -2.35. The van der Waals surface area contributed by atoms with E-state index in [4.69, 9.17) is 0 Å². The van der Waals surface area contributed by atoms with Crippen molar-refractivity contribution >= 4 is 23.1 Å². The fourth-order valence-electron chi connectivity index (χ4n) is 3.38. The van der Waals surface area contributed by atoms with Crippen molar-refractivity contribution in [3.05, 3.63) is 81.4 Å². The van der Waals surface area contributed by atoms with E-state index in [9.17, 15) is 24.8 Å². The number of rotatable bonds is 6. The Kier molecular flexibility index (Phi) is 5.74. The highest BCUT2D eigenvalue weighted by atomic mass is 16.6. The number of aliphatic hydroxyl groups excluding tert-OH is 1. The Balaban J connectivity index is 2.22. The third-order valence-electron chi connectivity index (χ3n) is 4.80. The SMILES string of the molecule is CN(C)CCN1C(=O)C(=O)/C(=C(\O)c2ccccc2)C1c1ccccc1[N+](=O)[O-]. The largest absolute Gasteiger partial charge is 0.507 e. The minimum Gasteiger partial charge on any atom is -0.507 e. The Bertz CT molecular complexity index is 985. The Morgan fingerprint density at radius 3 is 2.34 bits per heavy atom. The number of Topliss-reactive ketones (excluding diaryl/α,β-unsaturated/α-hetero) is 1. The van der Waals surface area contributed by atoms with Crippen LogP contribution < -0.4 is 0 Å². The fraction of sp³-hybridized carbons (Fsp3) is 0.238. The molecule has 0 radical (unpaired) electrons. The number of amides is 1. The van der Waals surface area contributed by atoms with Crippen LogP contribution >= 0.6 is 0 Å². The van der Waals surface area contributed by atoms with Crippen LogP contribution in [-0.4, -0.2) is 58.7 Å². The summed E-state index contributed by atoms with van der Waals surface area (Å²) in [6.45, 7) is 0.634. The summed E-state index contributed by atoms with van der Waals surface area (Å²) in [5.41, 5.74) is 0.192. The smallest absolute Gasteiger partial charge is 0.295 e. The van der Waals surface area contributed by atoms with Crippen molar-refractivity contribution in [3.63, 3.8) is 0 Å². The number of aliphatic hydroxyl groups is 1. The topological polar surface area (TPSA) is 104 Å². The molecular weight excluding hydrogens is 374 g/mol. The first-order valence-electron chi connectivity index (χ1n) is 9.04. The standard InChI is InChI=1S/C21H21N3O5/c1-22(2)12-13-23-18(15-10-6-7-11-16(15)24(28)29)17(20(26)21(23)27)19(25)14-8-4-3-5-9-14/h3-11,18,25H,12-13H2,1-2H3/b19-17-. The highest BCUT2D eigenvalue weighted by molar-refractivity contribution is 6.46. The molecule has 2 aromatic carbocycles. The molecule has 1 aliphatic heterocycles. The third-order valence-corrected chi connectivity index (χ3v) is 4.80. The number of carbonyl (C=O) groups excluding carboxylic acids is 2. The van der Waals surface area contributed by atoms with Gasteiger partial charge in [0.05, 0.1) is 22.1 Å². The summed E-state index contributed by atoms with van der Waals surface area (Å²) in [7, 11) is 3.64. The van der Waals surface area contributed by atoms with Gasteiger partial charge < -0.3 is 14.9 Å². The van der Waals surface area contributed by atoms with Crippen molar-refractivity contribution in [1.29, 1.82) is 0 Å². The lowest BCUT2D eigenvalue weighted by atomic mass is 9.94. The molecule has 0 aliphatic carbocycles. The molecule has 0 aromatic heterocycles. The zero-order valence-electron chi connectivity index (χ0n) is 16.1. The number of likely N-dealkylation sites (N-methyl/N-ethyl adjacent to an activating group) is 1. The van der Waals surface area contributed by atoms with Crippen molar-refractivity contribution in [1.82, 2.24) is 9.80 Å². The van der Waals surface area contributed by atoms with Gasteiger partial charge in [-0.25, -0.2) is 0 Å². The third kappa shape index (κ3) is 3.88. The van der Waals surface area contributed by atoms with E-state index in [1.807, 2.05) is 19.0 Å². The zero-order valence-corrected chi connectivity index (χ0v) is 16.1. The summed E-state index contributed by atoms with van der Waals surface area (Å²) in [6, 6.07) is 13.3. The average Bonchev–Trinajstić information content (AvgIpc) is 2.96. The number of ketones is 1. The summed E-state index contributed by atoms with van der Waals surface area (Å²) in [6.07, 6.45) is 0. The van der Waals surface area contributed by atoms with Gasteiger partial charge in [0.15, 0.2) is 0 Å². The molecule has 150 valence electrons. The monoisotopic (exact) mass is 395 g/mol. The van der Waals surface area contributed by atoms with Crippen LogP contribution in [0, 0.1) is 10.1 Å². The van der Waals surface area contributed by atoms with E-state index in [-0.39, 0.29) is 29.1 Å². The number of nitro groups is 1. The van der Waals surface area contributed by atoms with E-state index in [0.717, 1.165) is 0 Å². The second kappa shape index (κ2) is 8.24. The average molecular weight is 395 g/mol. The van der Waals surface area contributed by atoms with Crippen LogP contribution in [0.15, 0.2) is 60.2 Å². The maximum absolute atomic E-state index is 12.8.